The van der Waals surface area contributed by atoms with E-state index in [0.29, 0.717) is 23.1 Å². The number of nitrogens with one attached hydrogen (secondary N) is 2. The maximum Gasteiger partial charge on any atom is 0.317 e. The molecule has 3 heterocycles. The fourth-order valence-electron chi connectivity index (χ4n) is 4.78. The Labute approximate surface area is 212 Å². The summed E-state index contributed by atoms with van der Waals surface area (Å²) in [6, 6.07) is 21.9. The highest BCUT2D eigenvalue weighted by Crippen LogP contribution is 2.35. The van der Waals surface area contributed by atoms with Crippen LogP contribution in [0.1, 0.15) is 35.4 Å². The fourth-order valence-corrected chi connectivity index (χ4v) is 4.78. The zero-order valence-corrected chi connectivity index (χ0v) is 19.9. The minimum absolute atomic E-state index is 0.0412. The van der Waals surface area contributed by atoms with Gasteiger partial charge in [-0.1, -0.05) is 65.8 Å². The quantitative estimate of drug-likeness (QED) is 0.403. The van der Waals surface area contributed by atoms with Gasteiger partial charge in [-0.05, 0) is 36.5 Å². The highest BCUT2D eigenvalue weighted by Gasteiger charge is 2.29. The van der Waals surface area contributed by atoms with Crippen LogP contribution in [-0.2, 0) is 9.53 Å². The summed E-state index contributed by atoms with van der Waals surface area (Å²) in [5.74, 6) is -0.396. The van der Waals surface area contributed by atoms with Gasteiger partial charge in [0.2, 0.25) is 12.1 Å². The Morgan fingerprint density at radius 3 is 2.49 bits per heavy atom. The molecule has 0 saturated carbocycles. The van der Waals surface area contributed by atoms with Crippen molar-refractivity contribution in [3.8, 4) is 11.5 Å². The second-order valence-electron chi connectivity index (χ2n) is 8.93. The summed E-state index contributed by atoms with van der Waals surface area (Å²) < 4.78 is 26.2. The molecule has 1 atom stereocenters. The zero-order valence-electron chi connectivity index (χ0n) is 19.9. The summed E-state index contributed by atoms with van der Waals surface area (Å²) in [6.45, 7) is 1.44. The number of aromatic nitrogens is 2. The van der Waals surface area contributed by atoms with Crippen molar-refractivity contribution in [1.82, 2.24) is 10.2 Å². The lowest BCUT2D eigenvalue weighted by atomic mass is 9.88. The van der Waals surface area contributed by atoms with E-state index in [1.54, 1.807) is 12.1 Å². The van der Waals surface area contributed by atoms with Crippen molar-refractivity contribution in [2.45, 2.75) is 24.9 Å². The van der Waals surface area contributed by atoms with E-state index >= 15 is 0 Å². The highest BCUT2D eigenvalue weighted by molar-refractivity contribution is 6.19. The van der Waals surface area contributed by atoms with Crippen molar-refractivity contribution in [3.05, 3.63) is 95.3 Å². The average Bonchev–Trinajstić information content (AvgIpc) is 3.36. The van der Waals surface area contributed by atoms with Gasteiger partial charge in [-0.15, -0.1) is 5.10 Å². The maximum atomic E-state index is 14.7. The van der Waals surface area contributed by atoms with Gasteiger partial charge < -0.3 is 19.8 Å². The molecular formula is C28H24FN5O3. The first kappa shape index (κ1) is 23.1. The van der Waals surface area contributed by atoms with Crippen LogP contribution in [0.5, 0.6) is 0 Å². The van der Waals surface area contributed by atoms with Crippen molar-refractivity contribution in [2.24, 2.45) is 4.99 Å². The third kappa shape index (κ3) is 4.61. The van der Waals surface area contributed by atoms with Crippen LogP contribution >= 0.6 is 0 Å². The molecule has 0 bridgehead atoms. The van der Waals surface area contributed by atoms with E-state index in [1.807, 2.05) is 48.5 Å². The van der Waals surface area contributed by atoms with E-state index in [1.165, 1.54) is 6.07 Å². The number of hydrogen-bond acceptors (Lipinski definition) is 7. The number of carbonyl (C=O) groups excluding carboxylic acids is 1. The van der Waals surface area contributed by atoms with Gasteiger partial charge in [0.25, 0.3) is 5.91 Å². The fraction of sp³-hybridized carbons (Fsp3) is 0.214. The number of amides is 1. The third-order valence-corrected chi connectivity index (χ3v) is 6.61. The minimum atomic E-state index is -1.12. The Morgan fingerprint density at radius 1 is 0.892 bits per heavy atom. The van der Waals surface area contributed by atoms with Crippen LogP contribution in [0, 0.1) is 5.82 Å². The van der Waals surface area contributed by atoms with Crippen LogP contribution in [0.2, 0.25) is 0 Å². The van der Waals surface area contributed by atoms with Crippen LogP contribution < -0.4 is 10.6 Å². The van der Waals surface area contributed by atoms with E-state index in [4.69, 9.17) is 9.15 Å². The number of anilines is 2. The lowest BCUT2D eigenvalue weighted by molar-refractivity contribution is -0.116. The van der Waals surface area contributed by atoms with Crippen molar-refractivity contribution in [2.75, 3.05) is 23.8 Å². The lowest BCUT2D eigenvalue weighted by Gasteiger charge is -2.23. The molecule has 1 saturated heterocycles. The molecule has 1 amide bonds. The average molecular weight is 498 g/mol. The summed E-state index contributed by atoms with van der Waals surface area (Å²) in [4.78, 5) is 17.8. The molecule has 3 aromatic carbocycles. The molecule has 0 spiro atoms. The number of para-hydroxylation sites is 1. The van der Waals surface area contributed by atoms with E-state index in [0.717, 1.165) is 42.7 Å². The number of benzodiazepines with no additional fused rings is 1. The molecule has 1 fully saturated rings. The molecule has 2 N–H and O–H groups in total. The molecule has 0 unspecified atom stereocenters. The molecule has 37 heavy (non-hydrogen) atoms. The molecule has 2 aliphatic rings. The first-order valence-electron chi connectivity index (χ1n) is 12.2. The largest absolute Gasteiger partial charge is 0.403 e. The number of benzene rings is 3. The van der Waals surface area contributed by atoms with Crippen LogP contribution in [0.4, 0.5) is 16.1 Å². The van der Waals surface area contributed by atoms with Crippen molar-refractivity contribution < 1.29 is 18.3 Å². The topological polar surface area (TPSA) is 102 Å². The van der Waals surface area contributed by atoms with Crippen LogP contribution in [-0.4, -0.2) is 41.2 Å². The number of rotatable bonds is 5. The summed E-state index contributed by atoms with van der Waals surface area (Å²) >= 11 is 0. The van der Waals surface area contributed by atoms with Gasteiger partial charge in [0.15, 0.2) is 0 Å². The Kier molecular flexibility index (Phi) is 6.20. The van der Waals surface area contributed by atoms with Crippen LogP contribution in [0.25, 0.3) is 11.5 Å². The molecule has 2 aliphatic heterocycles. The summed E-state index contributed by atoms with van der Waals surface area (Å²) in [7, 11) is 0. The molecule has 4 aromatic rings. The molecule has 9 heteroatoms. The Bertz CT molecular complexity index is 1460. The molecule has 0 radical (unpaired) electrons. The Morgan fingerprint density at radius 2 is 1.65 bits per heavy atom. The van der Waals surface area contributed by atoms with E-state index in [9.17, 15) is 9.18 Å². The van der Waals surface area contributed by atoms with Gasteiger partial charge in [-0.2, -0.15) is 0 Å². The number of carbonyl (C=O) groups is 1. The summed E-state index contributed by atoms with van der Waals surface area (Å²) in [5.41, 5.74) is 3.76. The predicted octanol–water partition coefficient (Wildman–Crippen LogP) is 5.00. The Balaban J connectivity index is 1.33. The number of aliphatic imine (C=N–C) groups is 1. The van der Waals surface area contributed by atoms with Crippen LogP contribution in [0.15, 0.2) is 82.2 Å². The van der Waals surface area contributed by atoms with Gasteiger partial charge in [0.1, 0.15) is 5.82 Å². The molecular weight excluding hydrogens is 473 g/mol. The number of ether oxygens (including phenoxy) is 1. The SMILES string of the molecule is O=C1Nc2c(F)cccc2C(c2ccccc2)=N[C@@H]1Nc1nnc(-c2ccccc2C2CCOCC2)o1. The van der Waals surface area contributed by atoms with Gasteiger partial charge >= 0.3 is 6.01 Å². The standard InChI is InChI=1S/C28H24FN5O3/c29-22-12-6-11-21-23(18-7-2-1-3-8-18)30-25(26(35)31-24(21)22)32-28-34-33-27(37-28)20-10-5-4-9-19(20)17-13-15-36-16-14-17/h1-12,17,25H,13-16H2,(H,31,35)(H,32,34)/t25-/m1/s1. The van der Waals surface area contributed by atoms with E-state index in [2.05, 4.69) is 31.9 Å². The van der Waals surface area contributed by atoms with Gasteiger partial charge in [-0.25, -0.2) is 9.38 Å². The summed E-state index contributed by atoms with van der Waals surface area (Å²) in [5, 5.41) is 14.0. The lowest BCUT2D eigenvalue weighted by Crippen LogP contribution is -2.32. The third-order valence-electron chi connectivity index (χ3n) is 6.61. The molecule has 1 aromatic heterocycles. The predicted molar refractivity (Wildman–Crippen MR) is 137 cm³/mol. The van der Waals surface area contributed by atoms with Crippen LogP contribution in [0.3, 0.4) is 0 Å². The van der Waals surface area contributed by atoms with Crippen molar-refractivity contribution >= 4 is 23.3 Å². The van der Waals surface area contributed by atoms with Gasteiger partial charge in [0, 0.05) is 29.9 Å². The normalized spacial score (nSPS) is 17.9. The molecule has 0 aliphatic carbocycles. The summed E-state index contributed by atoms with van der Waals surface area (Å²) in [6.07, 6.45) is 0.722. The molecule has 6 rings (SSSR count). The van der Waals surface area contributed by atoms with Crippen molar-refractivity contribution in [3.63, 3.8) is 0 Å². The zero-order chi connectivity index (χ0) is 25.2. The van der Waals surface area contributed by atoms with Gasteiger partial charge in [-0.3, -0.25) is 4.79 Å². The first-order valence-corrected chi connectivity index (χ1v) is 12.2. The second-order valence-corrected chi connectivity index (χ2v) is 8.93. The first-order chi connectivity index (χ1) is 18.2. The maximum absolute atomic E-state index is 14.7. The number of nitrogens with zero attached hydrogens (tertiary/aromatic N) is 3. The smallest absolute Gasteiger partial charge is 0.317 e. The van der Waals surface area contributed by atoms with E-state index < -0.39 is 17.9 Å². The monoisotopic (exact) mass is 497 g/mol. The second kappa shape index (κ2) is 9.94. The number of fused-ring (bicyclic) bond motifs is 1. The molecule has 8 nitrogen and oxygen atoms in total. The number of halogens is 1. The Hall–Kier alpha value is -4.37. The number of hydrogen-bond donors (Lipinski definition) is 2. The van der Waals surface area contributed by atoms with Gasteiger partial charge in [0.05, 0.1) is 11.4 Å². The molecule has 186 valence electrons. The van der Waals surface area contributed by atoms with Crippen molar-refractivity contribution in [1.29, 1.82) is 0 Å². The highest BCUT2D eigenvalue weighted by atomic mass is 19.1. The minimum Gasteiger partial charge on any atom is -0.403 e. The van der Waals surface area contributed by atoms with E-state index in [-0.39, 0.29) is 11.7 Å².